The van der Waals surface area contributed by atoms with Crippen LogP contribution in [0.1, 0.15) is 5.56 Å². The van der Waals surface area contributed by atoms with Crippen molar-refractivity contribution in [1.29, 1.82) is 0 Å². The van der Waals surface area contributed by atoms with E-state index < -0.39 is 11.6 Å². The van der Waals surface area contributed by atoms with Crippen molar-refractivity contribution in [3.05, 3.63) is 34.7 Å². The van der Waals surface area contributed by atoms with Crippen LogP contribution >= 0.6 is 11.3 Å². The van der Waals surface area contributed by atoms with E-state index in [9.17, 15) is 8.78 Å². The molecule has 4 heteroatoms. The monoisotopic (exact) mass is 227 g/mol. The molecule has 0 saturated carbocycles. The van der Waals surface area contributed by atoms with E-state index in [1.807, 2.05) is 12.4 Å². The Balaban J connectivity index is 2.45. The van der Waals surface area contributed by atoms with Crippen LogP contribution in [0.5, 0.6) is 0 Å². The van der Waals surface area contributed by atoms with Crippen LogP contribution < -0.4 is 5.32 Å². The van der Waals surface area contributed by atoms with Gasteiger partial charge in [-0.25, -0.2) is 8.78 Å². The van der Waals surface area contributed by atoms with Gasteiger partial charge in [-0.3, -0.25) is 0 Å². The lowest BCUT2D eigenvalue weighted by Gasteiger charge is -1.99. The molecular formula is C11H11F2NS. The summed E-state index contributed by atoms with van der Waals surface area (Å²) in [6.45, 7) is 0.838. The lowest BCUT2D eigenvalue weighted by Crippen LogP contribution is -2.09. The number of nitrogens with one attached hydrogen (secondary N) is 1. The van der Waals surface area contributed by atoms with E-state index in [4.69, 9.17) is 0 Å². The average Bonchev–Trinajstić information content (AvgIpc) is 2.59. The Bertz CT molecular complexity index is 479. The number of hydrogen-bond donors (Lipinski definition) is 1. The molecule has 0 amide bonds. The smallest absolute Gasteiger partial charge is 0.160 e. The maximum absolute atomic E-state index is 13.0. The van der Waals surface area contributed by atoms with Gasteiger partial charge in [-0.2, -0.15) is 0 Å². The maximum Gasteiger partial charge on any atom is 0.160 e. The van der Waals surface area contributed by atoms with Crippen molar-refractivity contribution in [2.75, 3.05) is 13.6 Å². The highest BCUT2D eigenvalue weighted by atomic mass is 32.1. The number of rotatable bonds is 3. The Morgan fingerprint density at radius 1 is 1.27 bits per heavy atom. The number of thiophene rings is 1. The summed E-state index contributed by atoms with van der Waals surface area (Å²) < 4.78 is 26.8. The van der Waals surface area contributed by atoms with Gasteiger partial charge in [-0.1, -0.05) is 0 Å². The van der Waals surface area contributed by atoms with E-state index in [-0.39, 0.29) is 0 Å². The molecule has 0 fully saturated rings. The molecule has 1 aromatic heterocycles. The van der Waals surface area contributed by atoms with Crippen LogP contribution in [0.15, 0.2) is 17.5 Å². The number of halogens is 2. The van der Waals surface area contributed by atoms with Gasteiger partial charge in [0.25, 0.3) is 0 Å². The molecule has 1 nitrogen and oxygen atoms in total. The summed E-state index contributed by atoms with van der Waals surface area (Å²) in [6, 6.07) is 2.55. The molecule has 0 saturated heterocycles. The number of fused-ring (bicyclic) bond motifs is 1. The van der Waals surface area contributed by atoms with Crippen molar-refractivity contribution in [3.63, 3.8) is 0 Å². The molecule has 0 aliphatic carbocycles. The zero-order valence-corrected chi connectivity index (χ0v) is 9.13. The highest BCUT2D eigenvalue weighted by molar-refractivity contribution is 7.17. The van der Waals surface area contributed by atoms with Crippen molar-refractivity contribution in [3.8, 4) is 0 Å². The van der Waals surface area contributed by atoms with Gasteiger partial charge in [0.1, 0.15) is 0 Å². The van der Waals surface area contributed by atoms with Crippen LogP contribution in [0, 0.1) is 11.6 Å². The predicted octanol–water partition coefficient (Wildman–Crippen LogP) is 2.94. The zero-order chi connectivity index (χ0) is 10.8. The fourth-order valence-electron chi connectivity index (χ4n) is 1.53. The highest BCUT2D eigenvalue weighted by Crippen LogP contribution is 2.28. The largest absolute Gasteiger partial charge is 0.319 e. The molecule has 0 aliphatic rings. The van der Waals surface area contributed by atoms with Gasteiger partial charge in [-0.05, 0) is 48.5 Å². The van der Waals surface area contributed by atoms with Crippen molar-refractivity contribution < 1.29 is 8.78 Å². The molecule has 2 rings (SSSR count). The summed E-state index contributed by atoms with van der Waals surface area (Å²) in [5.41, 5.74) is 1.07. The summed E-state index contributed by atoms with van der Waals surface area (Å²) in [5.74, 6) is -1.55. The van der Waals surface area contributed by atoms with Crippen LogP contribution in [0.2, 0.25) is 0 Å². The first-order valence-corrected chi connectivity index (χ1v) is 5.60. The second-order valence-corrected chi connectivity index (χ2v) is 4.29. The van der Waals surface area contributed by atoms with Gasteiger partial charge in [-0.15, -0.1) is 11.3 Å². The second-order valence-electron chi connectivity index (χ2n) is 3.38. The van der Waals surface area contributed by atoms with Crippen LogP contribution in [0.25, 0.3) is 10.1 Å². The first-order chi connectivity index (χ1) is 7.22. The van der Waals surface area contributed by atoms with Gasteiger partial charge >= 0.3 is 0 Å². The normalized spacial score (nSPS) is 11.1. The molecule has 1 N–H and O–H groups in total. The summed E-state index contributed by atoms with van der Waals surface area (Å²) in [5, 5.41) is 5.82. The Morgan fingerprint density at radius 2 is 2.00 bits per heavy atom. The molecule has 0 spiro atoms. The minimum absolute atomic E-state index is 0.772. The van der Waals surface area contributed by atoms with Crippen molar-refractivity contribution in [1.82, 2.24) is 5.32 Å². The number of hydrogen-bond acceptors (Lipinski definition) is 2. The molecule has 2 aromatic rings. The summed E-state index contributed by atoms with van der Waals surface area (Å²) >= 11 is 1.45. The first-order valence-electron chi connectivity index (χ1n) is 4.72. The maximum atomic E-state index is 13.0. The first kappa shape index (κ1) is 10.5. The lowest BCUT2D eigenvalue weighted by molar-refractivity contribution is 0.511. The third-order valence-electron chi connectivity index (χ3n) is 2.34. The fourth-order valence-corrected chi connectivity index (χ4v) is 2.53. The minimum Gasteiger partial charge on any atom is -0.319 e. The van der Waals surface area contributed by atoms with E-state index >= 15 is 0 Å². The SMILES string of the molecule is CNCCc1csc2cc(F)c(F)cc12. The van der Waals surface area contributed by atoms with Crippen LogP contribution in [-0.2, 0) is 6.42 Å². The van der Waals surface area contributed by atoms with Gasteiger partial charge in [0.15, 0.2) is 11.6 Å². The van der Waals surface area contributed by atoms with E-state index in [0.29, 0.717) is 0 Å². The molecule has 0 radical (unpaired) electrons. The lowest BCUT2D eigenvalue weighted by atomic mass is 10.1. The molecule has 0 aliphatic heterocycles. The average molecular weight is 227 g/mol. The van der Waals surface area contributed by atoms with E-state index in [0.717, 1.165) is 28.6 Å². The molecule has 80 valence electrons. The Kier molecular flexibility index (Phi) is 2.98. The molecule has 0 bridgehead atoms. The Morgan fingerprint density at radius 3 is 2.73 bits per heavy atom. The molecule has 0 atom stereocenters. The van der Waals surface area contributed by atoms with Gasteiger partial charge in [0.05, 0.1) is 0 Å². The topological polar surface area (TPSA) is 12.0 Å². The highest BCUT2D eigenvalue weighted by Gasteiger charge is 2.08. The van der Waals surface area contributed by atoms with Gasteiger partial charge in [0, 0.05) is 4.70 Å². The second kappa shape index (κ2) is 4.24. The number of benzene rings is 1. The van der Waals surface area contributed by atoms with Crippen molar-refractivity contribution >= 4 is 21.4 Å². The molecule has 0 unspecified atom stereocenters. The minimum atomic E-state index is -0.774. The third kappa shape index (κ3) is 2.01. The van der Waals surface area contributed by atoms with Crippen LogP contribution in [-0.4, -0.2) is 13.6 Å². The van der Waals surface area contributed by atoms with Gasteiger partial charge in [0.2, 0.25) is 0 Å². The zero-order valence-electron chi connectivity index (χ0n) is 8.31. The quantitative estimate of drug-likeness (QED) is 0.850. The Hall–Kier alpha value is -1.00. The van der Waals surface area contributed by atoms with Gasteiger partial charge < -0.3 is 5.32 Å². The third-order valence-corrected chi connectivity index (χ3v) is 3.34. The summed E-state index contributed by atoms with van der Waals surface area (Å²) in [4.78, 5) is 0. The number of likely N-dealkylation sites (N-methyl/N-ethyl adjacent to an activating group) is 1. The standard InChI is InChI=1S/C11H11F2NS/c1-14-3-2-7-6-15-11-5-10(13)9(12)4-8(7)11/h4-6,14H,2-3H2,1H3. The summed E-state index contributed by atoms with van der Waals surface area (Å²) in [7, 11) is 1.87. The van der Waals surface area contributed by atoms with Crippen molar-refractivity contribution in [2.45, 2.75) is 6.42 Å². The van der Waals surface area contributed by atoms with E-state index in [1.165, 1.54) is 23.5 Å². The van der Waals surface area contributed by atoms with Crippen LogP contribution in [0.3, 0.4) is 0 Å². The Labute approximate surface area is 90.7 Å². The van der Waals surface area contributed by atoms with E-state index in [1.54, 1.807) is 0 Å². The van der Waals surface area contributed by atoms with Crippen molar-refractivity contribution in [2.24, 2.45) is 0 Å². The summed E-state index contributed by atoms with van der Waals surface area (Å²) in [6.07, 6.45) is 0.835. The molecular weight excluding hydrogens is 216 g/mol. The molecule has 15 heavy (non-hydrogen) atoms. The fraction of sp³-hybridized carbons (Fsp3) is 0.273. The molecule has 1 heterocycles. The predicted molar refractivity (Wildman–Crippen MR) is 59.4 cm³/mol. The molecule has 1 aromatic carbocycles. The van der Waals surface area contributed by atoms with E-state index in [2.05, 4.69) is 5.32 Å². The van der Waals surface area contributed by atoms with Crippen LogP contribution in [0.4, 0.5) is 8.78 Å².